The Morgan fingerprint density at radius 2 is 1.64 bits per heavy atom. The van der Waals surface area contributed by atoms with Gasteiger partial charge in [0.2, 0.25) is 0 Å². The molecule has 0 saturated heterocycles. The first kappa shape index (κ1) is 18.5. The molecule has 0 aliphatic carbocycles. The summed E-state index contributed by atoms with van der Waals surface area (Å²) < 4.78 is 0. The van der Waals surface area contributed by atoms with Crippen LogP contribution in [0, 0.1) is 17.0 Å². The molecule has 25 heavy (non-hydrogen) atoms. The number of rotatable bonds is 5. The van der Waals surface area contributed by atoms with Gasteiger partial charge in [0.1, 0.15) is 0 Å². The van der Waals surface area contributed by atoms with Gasteiger partial charge in [-0.05, 0) is 38.1 Å². The van der Waals surface area contributed by atoms with E-state index in [-0.39, 0.29) is 17.2 Å². The molecule has 0 fully saturated rings. The molecule has 8 heteroatoms. The molecule has 2 aromatic rings. The van der Waals surface area contributed by atoms with E-state index in [4.69, 9.17) is 0 Å². The van der Waals surface area contributed by atoms with Crippen molar-refractivity contribution in [3.63, 3.8) is 0 Å². The van der Waals surface area contributed by atoms with E-state index in [1.54, 1.807) is 6.92 Å². The lowest BCUT2D eigenvalue weighted by molar-refractivity contribution is -0.384. The average Bonchev–Trinajstić information content (AvgIpc) is 2.61. The van der Waals surface area contributed by atoms with Crippen LogP contribution in [0.1, 0.15) is 22.8 Å². The van der Waals surface area contributed by atoms with Crippen LogP contribution in [-0.4, -0.2) is 22.0 Å². The van der Waals surface area contributed by atoms with E-state index < -0.39 is 16.1 Å². The summed E-state index contributed by atoms with van der Waals surface area (Å²) in [5, 5.41) is 10.2. The number of carbonyl (C=O) groups excluding carboxylic acids is 2. The third-order valence-corrected chi connectivity index (χ3v) is 4.45. The molecule has 2 rings (SSSR count). The highest BCUT2D eigenvalue weighted by molar-refractivity contribution is 8.00. The highest BCUT2D eigenvalue weighted by atomic mass is 32.2. The summed E-state index contributed by atoms with van der Waals surface area (Å²) in [5.41, 5.74) is 5.90. The van der Waals surface area contributed by atoms with Crippen molar-refractivity contribution in [3.8, 4) is 0 Å². The van der Waals surface area contributed by atoms with Gasteiger partial charge in [-0.3, -0.25) is 30.6 Å². The third kappa shape index (κ3) is 5.32. The summed E-state index contributed by atoms with van der Waals surface area (Å²) in [7, 11) is 0. The van der Waals surface area contributed by atoms with E-state index >= 15 is 0 Å². The Morgan fingerprint density at radius 1 is 1.04 bits per heavy atom. The van der Waals surface area contributed by atoms with E-state index in [9.17, 15) is 19.7 Å². The van der Waals surface area contributed by atoms with E-state index in [2.05, 4.69) is 10.9 Å². The van der Waals surface area contributed by atoms with E-state index in [0.29, 0.717) is 0 Å². The maximum absolute atomic E-state index is 12.1. The number of aryl methyl sites for hydroxylation is 1. The van der Waals surface area contributed by atoms with Crippen LogP contribution in [0.5, 0.6) is 0 Å². The lowest BCUT2D eigenvalue weighted by Crippen LogP contribution is -2.44. The zero-order valence-corrected chi connectivity index (χ0v) is 14.5. The third-order valence-electron chi connectivity index (χ3n) is 3.34. The van der Waals surface area contributed by atoms with Crippen LogP contribution in [0.3, 0.4) is 0 Å². The van der Waals surface area contributed by atoms with Gasteiger partial charge in [-0.25, -0.2) is 0 Å². The highest BCUT2D eigenvalue weighted by Crippen LogP contribution is 2.23. The van der Waals surface area contributed by atoms with Crippen molar-refractivity contribution < 1.29 is 14.5 Å². The van der Waals surface area contributed by atoms with Gasteiger partial charge in [0.15, 0.2) is 0 Å². The minimum absolute atomic E-state index is 0.108. The summed E-state index contributed by atoms with van der Waals surface area (Å²) in [5.74, 6) is -0.892. The Morgan fingerprint density at radius 3 is 2.20 bits per heavy atom. The first-order valence-electron chi connectivity index (χ1n) is 7.45. The lowest BCUT2D eigenvalue weighted by Gasteiger charge is -2.13. The molecule has 7 nitrogen and oxygen atoms in total. The minimum Gasteiger partial charge on any atom is -0.272 e. The molecule has 0 aliphatic rings. The number of benzene rings is 2. The number of hydrogen-bond donors (Lipinski definition) is 2. The average molecular weight is 359 g/mol. The van der Waals surface area contributed by atoms with Crippen molar-refractivity contribution in [1.82, 2.24) is 10.9 Å². The zero-order valence-electron chi connectivity index (χ0n) is 13.7. The Balaban J connectivity index is 1.86. The van der Waals surface area contributed by atoms with Crippen LogP contribution in [0.4, 0.5) is 5.69 Å². The van der Waals surface area contributed by atoms with E-state index in [1.165, 1.54) is 36.0 Å². The zero-order chi connectivity index (χ0) is 18.4. The molecule has 0 heterocycles. The van der Waals surface area contributed by atoms with Crippen LogP contribution < -0.4 is 10.9 Å². The number of amides is 2. The fraction of sp³-hybridized carbons (Fsp3) is 0.176. The molecule has 2 amide bonds. The molecule has 0 radical (unpaired) electrons. The minimum atomic E-state index is -0.548. The van der Waals surface area contributed by atoms with Crippen LogP contribution in [0.2, 0.25) is 0 Å². The number of nitrogens with zero attached hydrogens (tertiary/aromatic N) is 1. The number of hydrazine groups is 1. The van der Waals surface area contributed by atoms with Gasteiger partial charge in [0.05, 0.1) is 10.2 Å². The normalized spacial score (nSPS) is 11.4. The van der Waals surface area contributed by atoms with Gasteiger partial charge in [0, 0.05) is 22.6 Å². The monoisotopic (exact) mass is 359 g/mol. The van der Waals surface area contributed by atoms with Crippen molar-refractivity contribution >= 4 is 29.3 Å². The summed E-state index contributed by atoms with van der Waals surface area (Å²) in [6.45, 7) is 3.72. The second-order valence-corrected chi connectivity index (χ2v) is 6.73. The molecule has 1 atom stereocenters. The molecule has 0 aromatic heterocycles. The van der Waals surface area contributed by atoms with Crippen molar-refractivity contribution in [2.75, 3.05) is 0 Å². The predicted molar refractivity (Wildman–Crippen MR) is 95.2 cm³/mol. The fourth-order valence-electron chi connectivity index (χ4n) is 1.90. The van der Waals surface area contributed by atoms with Crippen molar-refractivity contribution in [1.29, 1.82) is 0 Å². The number of carbonyl (C=O) groups is 2. The number of non-ortho nitro benzene ring substituents is 1. The number of thioether (sulfide) groups is 1. The first-order chi connectivity index (χ1) is 11.9. The van der Waals surface area contributed by atoms with Crippen LogP contribution >= 0.6 is 11.8 Å². The highest BCUT2D eigenvalue weighted by Gasteiger charge is 2.16. The maximum atomic E-state index is 12.1. The molecular weight excluding hydrogens is 342 g/mol. The Labute approximate surface area is 148 Å². The predicted octanol–water partition coefficient (Wildman–Crippen LogP) is 2.85. The van der Waals surface area contributed by atoms with Crippen molar-refractivity contribution in [2.24, 2.45) is 0 Å². The molecule has 0 aliphatic heterocycles. The summed E-state index contributed by atoms with van der Waals surface area (Å²) in [4.78, 5) is 35.0. The SMILES string of the molecule is Cc1ccc(S[C@@H](C)C(=O)NNC(=O)c2ccc([N+](=O)[O-])cc2)cc1. The Kier molecular flexibility index (Phi) is 6.13. The van der Waals surface area contributed by atoms with Gasteiger partial charge >= 0.3 is 0 Å². The van der Waals surface area contributed by atoms with Crippen molar-refractivity contribution in [2.45, 2.75) is 24.0 Å². The molecular formula is C17H17N3O4S. The van der Waals surface area contributed by atoms with Crippen LogP contribution in [0.15, 0.2) is 53.4 Å². The van der Waals surface area contributed by atoms with Gasteiger partial charge in [-0.1, -0.05) is 17.7 Å². The number of nitro benzene ring substituents is 1. The van der Waals surface area contributed by atoms with Crippen LogP contribution in [-0.2, 0) is 4.79 Å². The van der Waals surface area contributed by atoms with E-state index in [1.807, 2.05) is 31.2 Å². The summed E-state index contributed by atoms with van der Waals surface area (Å²) >= 11 is 1.37. The molecule has 0 bridgehead atoms. The molecule has 2 N–H and O–H groups in total. The fourth-order valence-corrected chi connectivity index (χ4v) is 2.77. The van der Waals surface area contributed by atoms with Crippen LogP contribution in [0.25, 0.3) is 0 Å². The second-order valence-electron chi connectivity index (χ2n) is 5.32. The molecule has 0 unspecified atom stereocenters. The van der Waals surface area contributed by atoms with Gasteiger partial charge in [-0.15, -0.1) is 11.8 Å². The smallest absolute Gasteiger partial charge is 0.269 e. The number of hydrogen-bond acceptors (Lipinski definition) is 5. The van der Waals surface area contributed by atoms with Gasteiger partial charge in [0.25, 0.3) is 17.5 Å². The molecule has 130 valence electrons. The van der Waals surface area contributed by atoms with Crippen molar-refractivity contribution in [3.05, 3.63) is 69.8 Å². The quantitative estimate of drug-likeness (QED) is 0.486. The first-order valence-corrected chi connectivity index (χ1v) is 8.33. The maximum Gasteiger partial charge on any atom is 0.269 e. The van der Waals surface area contributed by atoms with Gasteiger partial charge in [-0.2, -0.15) is 0 Å². The summed E-state index contributed by atoms with van der Waals surface area (Å²) in [6.07, 6.45) is 0. The molecule has 0 spiro atoms. The largest absolute Gasteiger partial charge is 0.272 e. The standard InChI is InChI=1S/C17H17N3O4S/c1-11-3-9-15(10-4-11)25-12(2)16(21)18-19-17(22)13-5-7-14(8-6-13)20(23)24/h3-10,12H,1-2H3,(H,18,21)(H,19,22)/t12-/m0/s1. The molecule has 2 aromatic carbocycles. The van der Waals surface area contributed by atoms with E-state index in [0.717, 1.165) is 10.5 Å². The number of nitro groups is 1. The Bertz CT molecular complexity index is 775. The number of nitrogens with one attached hydrogen (secondary N) is 2. The second kappa shape index (κ2) is 8.29. The lowest BCUT2D eigenvalue weighted by atomic mass is 10.2. The molecule has 0 saturated carbocycles. The topological polar surface area (TPSA) is 101 Å². The Hall–Kier alpha value is -2.87. The summed E-state index contributed by atoms with van der Waals surface area (Å²) in [6, 6.07) is 12.9. The van der Waals surface area contributed by atoms with Gasteiger partial charge < -0.3 is 0 Å².